The molecule has 52 heavy (non-hydrogen) atoms. The Bertz CT molecular complexity index is 2620. The number of hydrogen-bond donors (Lipinski definition) is 0. The van der Waals surface area contributed by atoms with Gasteiger partial charge >= 0.3 is 0 Å². The Morgan fingerprint density at radius 2 is 0.981 bits per heavy atom. The van der Waals surface area contributed by atoms with E-state index in [1.54, 1.807) is 0 Å². The van der Waals surface area contributed by atoms with E-state index in [-0.39, 0.29) is 10.8 Å². The molecule has 0 unspecified atom stereocenters. The molecule has 3 heteroatoms. The molecule has 0 atom stereocenters. The first-order valence-electron chi connectivity index (χ1n) is 18.0. The van der Waals surface area contributed by atoms with Gasteiger partial charge in [-0.3, -0.25) is 4.79 Å². The molecule has 0 spiro atoms. The molecule has 1 heterocycles. The normalized spacial score (nSPS) is 14.5. The van der Waals surface area contributed by atoms with Gasteiger partial charge in [0, 0.05) is 32.8 Å². The van der Waals surface area contributed by atoms with Crippen molar-refractivity contribution < 1.29 is 4.79 Å². The molecule has 0 fully saturated rings. The maximum Gasteiger partial charge on any atom is 0.160 e. The van der Waals surface area contributed by atoms with Crippen LogP contribution in [0.5, 0.6) is 0 Å². The van der Waals surface area contributed by atoms with Crippen LogP contribution in [0.25, 0.3) is 54.2 Å². The second-order valence-electron chi connectivity index (χ2n) is 15.3. The van der Waals surface area contributed by atoms with Gasteiger partial charge in [-0.2, -0.15) is 0 Å². The molecule has 250 valence electrons. The predicted octanol–water partition coefficient (Wildman–Crippen LogP) is 13.6. The molecule has 0 radical (unpaired) electrons. The largest absolute Gasteiger partial charge is 0.310 e. The van der Waals surface area contributed by atoms with E-state index in [1.165, 1.54) is 77.4 Å². The minimum Gasteiger partial charge on any atom is -0.310 e. The number of fused-ring (bicyclic) bond motifs is 10. The number of thiophene rings is 1. The molecule has 8 aromatic rings. The van der Waals surface area contributed by atoms with Crippen LogP contribution in [0.4, 0.5) is 17.1 Å². The highest BCUT2D eigenvalue weighted by Gasteiger charge is 2.39. The lowest BCUT2D eigenvalue weighted by molar-refractivity contribution is 0.112. The first kappa shape index (κ1) is 31.0. The molecule has 0 aliphatic heterocycles. The fourth-order valence-electron chi connectivity index (χ4n) is 9.25. The summed E-state index contributed by atoms with van der Waals surface area (Å²) in [4.78, 5) is 15.7. The predicted molar refractivity (Wildman–Crippen MR) is 220 cm³/mol. The van der Waals surface area contributed by atoms with Crippen molar-refractivity contribution in [3.05, 3.63) is 173 Å². The average molecular weight is 688 g/mol. The maximum atomic E-state index is 11.4. The molecule has 0 saturated heterocycles. The summed E-state index contributed by atoms with van der Waals surface area (Å²) in [6, 6.07) is 53.6. The zero-order valence-corrected chi connectivity index (χ0v) is 30.5. The minimum atomic E-state index is -0.171. The van der Waals surface area contributed by atoms with Gasteiger partial charge in [0.05, 0.1) is 4.88 Å². The van der Waals surface area contributed by atoms with Crippen LogP contribution < -0.4 is 4.90 Å². The van der Waals surface area contributed by atoms with E-state index >= 15 is 0 Å². The van der Waals surface area contributed by atoms with Gasteiger partial charge in [-0.25, -0.2) is 0 Å². The van der Waals surface area contributed by atoms with E-state index in [4.69, 9.17) is 0 Å². The van der Waals surface area contributed by atoms with Gasteiger partial charge in [0.25, 0.3) is 0 Å². The second kappa shape index (κ2) is 11.1. The summed E-state index contributed by atoms with van der Waals surface area (Å²) in [6.45, 7) is 9.50. The lowest BCUT2D eigenvalue weighted by atomic mass is 9.80. The van der Waals surface area contributed by atoms with Gasteiger partial charge in [-0.05, 0) is 120 Å². The van der Waals surface area contributed by atoms with Gasteiger partial charge in [-0.1, -0.05) is 125 Å². The first-order valence-corrected chi connectivity index (χ1v) is 18.9. The summed E-state index contributed by atoms with van der Waals surface area (Å²) in [5.41, 5.74) is 14.9. The second-order valence-corrected chi connectivity index (χ2v) is 16.4. The Kier molecular flexibility index (Phi) is 6.63. The minimum absolute atomic E-state index is 0.171. The molecule has 0 amide bonds. The number of hydrogen-bond acceptors (Lipinski definition) is 3. The van der Waals surface area contributed by atoms with E-state index in [1.807, 2.05) is 12.1 Å². The van der Waals surface area contributed by atoms with Gasteiger partial charge < -0.3 is 4.90 Å². The third-order valence-electron chi connectivity index (χ3n) is 11.7. The van der Waals surface area contributed by atoms with Gasteiger partial charge in [0.2, 0.25) is 0 Å². The van der Waals surface area contributed by atoms with Crippen LogP contribution in [0.2, 0.25) is 0 Å². The van der Waals surface area contributed by atoms with Crippen LogP contribution in [0.3, 0.4) is 0 Å². The lowest BCUT2D eigenvalue weighted by Gasteiger charge is -2.30. The van der Waals surface area contributed by atoms with Crippen molar-refractivity contribution in [2.75, 3.05) is 4.90 Å². The van der Waals surface area contributed by atoms with Crippen LogP contribution in [0.1, 0.15) is 59.6 Å². The number of benzene rings is 7. The van der Waals surface area contributed by atoms with Crippen molar-refractivity contribution in [2.24, 2.45) is 0 Å². The summed E-state index contributed by atoms with van der Waals surface area (Å²) in [7, 11) is 0. The summed E-state index contributed by atoms with van der Waals surface area (Å²) in [5, 5.41) is 5.22. The van der Waals surface area contributed by atoms with Crippen molar-refractivity contribution in [1.82, 2.24) is 0 Å². The monoisotopic (exact) mass is 687 g/mol. The quantitative estimate of drug-likeness (QED) is 0.168. The molecular weight excluding hydrogens is 651 g/mol. The molecule has 2 nitrogen and oxygen atoms in total. The number of carbonyl (C=O) groups excluding carboxylic acids is 1. The van der Waals surface area contributed by atoms with Crippen LogP contribution in [0, 0.1) is 0 Å². The van der Waals surface area contributed by atoms with Crippen molar-refractivity contribution in [1.29, 1.82) is 0 Å². The zero-order valence-electron chi connectivity index (χ0n) is 29.7. The number of aldehydes is 1. The smallest absolute Gasteiger partial charge is 0.160 e. The third kappa shape index (κ3) is 4.39. The van der Waals surface area contributed by atoms with Crippen molar-refractivity contribution in [2.45, 2.75) is 38.5 Å². The Balaban J connectivity index is 1.14. The Morgan fingerprint density at radius 1 is 0.500 bits per heavy atom. The van der Waals surface area contributed by atoms with Crippen LogP contribution in [-0.4, -0.2) is 6.29 Å². The van der Waals surface area contributed by atoms with Gasteiger partial charge in [-0.15, -0.1) is 11.3 Å². The highest BCUT2D eigenvalue weighted by Crippen LogP contribution is 2.55. The molecule has 2 aliphatic rings. The third-order valence-corrected chi connectivity index (χ3v) is 12.8. The number of nitrogens with zero attached hydrogens (tertiary/aromatic N) is 1. The average Bonchev–Trinajstić information content (AvgIpc) is 3.82. The van der Waals surface area contributed by atoms with Crippen molar-refractivity contribution >= 4 is 56.2 Å². The molecule has 0 saturated carbocycles. The zero-order chi connectivity index (χ0) is 35.4. The molecule has 0 N–H and O–H groups in total. The summed E-state index contributed by atoms with van der Waals surface area (Å²) in [6.07, 6.45) is 0.928. The highest BCUT2D eigenvalue weighted by molar-refractivity contribution is 7.17. The van der Waals surface area contributed by atoms with E-state index in [0.29, 0.717) is 0 Å². The standard InChI is InChI=1S/C49H37NOS/c1-48(2)43-27-34(19-24-39(43)41-22-15-30-9-5-7-11-37(30)46(41)48)50(33-17-13-32(14-18-33)45-26-21-36(29-51)52-45)35-20-25-40-42-23-16-31-10-6-8-12-38(31)47(42)49(3,4)44(40)28-35/h5-29H,1-4H3. The maximum absolute atomic E-state index is 11.4. The van der Waals surface area contributed by atoms with Gasteiger partial charge in [0.1, 0.15) is 0 Å². The van der Waals surface area contributed by atoms with E-state index in [2.05, 4.69) is 166 Å². The van der Waals surface area contributed by atoms with E-state index in [9.17, 15) is 4.79 Å². The first-order chi connectivity index (χ1) is 25.2. The number of rotatable bonds is 5. The summed E-state index contributed by atoms with van der Waals surface area (Å²) in [5.74, 6) is 0. The molecule has 7 aromatic carbocycles. The van der Waals surface area contributed by atoms with E-state index < -0.39 is 0 Å². The molecule has 1 aromatic heterocycles. The highest BCUT2D eigenvalue weighted by atomic mass is 32.1. The molecule has 2 aliphatic carbocycles. The summed E-state index contributed by atoms with van der Waals surface area (Å²) < 4.78 is 0. The van der Waals surface area contributed by atoms with Crippen LogP contribution in [0.15, 0.2) is 146 Å². The summed E-state index contributed by atoms with van der Waals surface area (Å²) >= 11 is 1.53. The lowest BCUT2D eigenvalue weighted by Crippen LogP contribution is -2.18. The fourth-order valence-corrected chi connectivity index (χ4v) is 10.1. The Morgan fingerprint density at radius 3 is 1.48 bits per heavy atom. The van der Waals surface area contributed by atoms with E-state index in [0.717, 1.165) is 38.7 Å². The molecule has 10 rings (SSSR count). The van der Waals surface area contributed by atoms with Crippen molar-refractivity contribution in [3.63, 3.8) is 0 Å². The number of anilines is 3. The topological polar surface area (TPSA) is 20.3 Å². The molecular formula is C49H37NOS. The van der Waals surface area contributed by atoms with Gasteiger partial charge in [0.15, 0.2) is 6.29 Å². The van der Waals surface area contributed by atoms with Crippen LogP contribution in [-0.2, 0) is 10.8 Å². The number of carbonyl (C=O) groups is 1. The SMILES string of the molecule is CC1(C)c2cc(N(c3ccc(-c4ccc(C=O)s4)cc3)c3ccc4c(c3)C(C)(C)c3c-4ccc4ccccc34)ccc2-c2ccc3ccccc3c21. The van der Waals surface area contributed by atoms with Crippen molar-refractivity contribution in [3.8, 4) is 32.7 Å². The molecule has 0 bridgehead atoms. The Hall–Kier alpha value is -5.77. The fraction of sp³-hybridized carbons (Fsp3) is 0.122. The Labute approximate surface area is 308 Å². The van der Waals surface area contributed by atoms with Crippen LogP contribution >= 0.6 is 11.3 Å².